The van der Waals surface area contributed by atoms with Crippen molar-refractivity contribution in [1.29, 1.82) is 0 Å². The summed E-state index contributed by atoms with van der Waals surface area (Å²) in [5.74, 6) is -1.49. The first-order chi connectivity index (χ1) is 22.9. The van der Waals surface area contributed by atoms with Crippen molar-refractivity contribution in [3.8, 4) is 39.7 Å². The number of carbonyl (C=O) groups excluding carboxylic acids is 3. The number of likely N-dealkylation sites (tertiary alicyclic amines) is 1. The first-order valence-electron chi connectivity index (χ1n) is 14.9. The zero-order valence-electron chi connectivity index (χ0n) is 25.9. The molecule has 1 fully saturated rings. The van der Waals surface area contributed by atoms with Crippen LogP contribution in [0.15, 0.2) is 79.1 Å². The average molecular weight is 656 g/mol. The smallest absolute Gasteiger partial charge is 0.412 e. The number of hydrogen-bond acceptors (Lipinski definition) is 7. The van der Waals surface area contributed by atoms with E-state index in [1.54, 1.807) is 59.5 Å². The molecule has 2 atom stereocenters. The monoisotopic (exact) mass is 655 g/mol. The van der Waals surface area contributed by atoms with E-state index in [4.69, 9.17) is 20.9 Å². The molecule has 0 bridgehead atoms. The van der Waals surface area contributed by atoms with Gasteiger partial charge in [0.1, 0.15) is 17.5 Å². The highest BCUT2D eigenvalue weighted by Crippen LogP contribution is 2.42. The van der Waals surface area contributed by atoms with Crippen LogP contribution in [0.3, 0.4) is 0 Å². The molecule has 2 aromatic heterocycles. The molecule has 0 radical (unpaired) electrons. The zero-order chi connectivity index (χ0) is 34.2. The number of aromatic nitrogens is 4. The maximum absolute atomic E-state index is 15.6. The van der Waals surface area contributed by atoms with Crippen molar-refractivity contribution in [3.63, 3.8) is 0 Å². The van der Waals surface area contributed by atoms with E-state index in [-0.39, 0.29) is 22.8 Å². The Kier molecular flexibility index (Phi) is 8.17. The van der Waals surface area contributed by atoms with Gasteiger partial charge in [0.05, 0.1) is 29.3 Å². The summed E-state index contributed by atoms with van der Waals surface area (Å²) < 4.78 is 41.3. The topological polar surface area (TPSA) is 182 Å². The minimum absolute atomic E-state index is 0.0408. The standard InChI is InChI=1S/C34H31F2N7O5/c1-33(13-6-14-43(33)29(44)34(2,48-31(38)46)21-7-4-3-5-8-21)28-39-18-27(41-28)23-16-24(35)22(15-25(23)36)19-9-11-20(12-10-19)26-17-40-32(42-26)47-30(37)45/h3-5,7-12,15-18H,6,13-14H2,1-2H3,(H2,37,45)(H2,38,46)(H,39,41)(H,40,42)/t33?,34-/m1/s1. The van der Waals surface area contributed by atoms with Gasteiger partial charge >= 0.3 is 18.2 Å². The number of nitrogens with two attached hydrogens (primary N) is 2. The molecule has 1 unspecified atom stereocenters. The van der Waals surface area contributed by atoms with Crippen LogP contribution in [0.4, 0.5) is 18.4 Å². The largest absolute Gasteiger partial charge is 0.428 e. The molecule has 1 saturated heterocycles. The van der Waals surface area contributed by atoms with Crippen molar-refractivity contribution in [1.82, 2.24) is 24.8 Å². The number of carbonyl (C=O) groups is 3. The van der Waals surface area contributed by atoms with Gasteiger partial charge in [-0.15, -0.1) is 0 Å². The maximum atomic E-state index is 15.6. The van der Waals surface area contributed by atoms with Crippen LogP contribution < -0.4 is 16.2 Å². The highest BCUT2D eigenvalue weighted by Gasteiger charge is 2.51. The van der Waals surface area contributed by atoms with Crippen molar-refractivity contribution < 1.29 is 32.6 Å². The molecule has 12 nitrogen and oxygen atoms in total. The molecular weight excluding hydrogens is 624 g/mol. The van der Waals surface area contributed by atoms with Gasteiger partial charge in [-0.1, -0.05) is 54.6 Å². The molecule has 0 saturated carbocycles. The molecule has 1 aliphatic rings. The van der Waals surface area contributed by atoms with Crippen molar-refractivity contribution in [2.24, 2.45) is 11.5 Å². The van der Waals surface area contributed by atoms with Gasteiger partial charge in [-0.3, -0.25) is 4.79 Å². The summed E-state index contributed by atoms with van der Waals surface area (Å²) in [6, 6.07) is 17.3. The third-order valence-electron chi connectivity index (χ3n) is 8.61. The number of halogens is 2. The molecular formula is C34H31F2N7O5. The van der Waals surface area contributed by atoms with Crippen LogP contribution in [0.5, 0.6) is 6.01 Å². The van der Waals surface area contributed by atoms with Crippen LogP contribution in [0.1, 0.15) is 38.1 Å². The fourth-order valence-electron chi connectivity index (χ4n) is 6.11. The molecule has 48 heavy (non-hydrogen) atoms. The SMILES string of the molecule is CC1(c2ncc(-c3cc(F)c(-c4ccc(-c5cnc(OC(N)=O)[nH]5)cc4)cc3F)[nH]2)CCCN1C(=O)[C@](C)(OC(N)=O)c1ccccc1. The third kappa shape index (κ3) is 5.83. The molecule has 0 spiro atoms. The molecule has 5 aromatic rings. The van der Waals surface area contributed by atoms with Gasteiger partial charge in [0.25, 0.3) is 5.91 Å². The fraction of sp³-hybridized carbons (Fsp3) is 0.206. The number of ether oxygens (including phenoxy) is 2. The van der Waals surface area contributed by atoms with Crippen LogP contribution in [-0.2, 0) is 20.7 Å². The molecule has 14 heteroatoms. The van der Waals surface area contributed by atoms with Crippen molar-refractivity contribution in [2.75, 3.05) is 6.54 Å². The second-order valence-electron chi connectivity index (χ2n) is 11.7. The molecule has 246 valence electrons. The minimum atomic E-state index is -1.71. The number of aromatic amines is 2. The van der Waals surface area contributed by atoms with E-state index >= 15 is 8.78 Å². The number of primary amides is 2. The lowest BCUT2D eigenvalue weighted by Crippen LogP contribution is -2.53. The van der Waals surface area contributed by atoms with E-state index in [2.05, 4.69) is 19.9 Å². The van der Waals surface area contributed by atoms with E-state index in [1.165, 1.54) is 19.3 Å². The number of benzene rings is 3. The average Bonchev–Trinajstić information content (AvgIpc) is 3.82. The van der Waals surface area contributed by atoms with Gasteiger partial charge in [-0.2, -0.15) is 0 Å². The van der Waals surface area contributed by atoms with Gasteiger partial charge in [0.2, 0.25) is 5.60 Å². The number of hydrogen-bond donors (Lipinski definition) is 4. The molecule has 3 amide bonds. The highest BCUT2D eigenvalue weighted by atomic mass is 19.1. The third-order valence-corrected chi connectivity index (χ3v) is 8.61. The summed E-state index contributed by atoms with van der Waals surface area (Å²) >= 11 is 0. The van der Waals surface area contributed by atoms with Gasteiger partial charge in [0.15, 0.2) is 0 Å². The molecule has 1 aliphatic heterocycles. The van der Waals surface area contributed by atoms with Crippen LogP contribution in [0.25, 0.3) is 33.6 Å². The van der Waals surface area contributed by atoms with Gasteiger partial charge in [-0.05, 0) is 49.9 Å². The summed E-state index contributed by atoms with van der Waals surface area (Å²) in [5.41, 5.74) is 9.96. The summed E-state index contributed by atoms with van der Waals surface area (Å²) in [6.07, 6.45) is 1.86. The van der Waals surface area contributed by atoms with E-state index in [1.807, 2.05) is 6.92 Å². The quantitative estimate of drug-likeness (QED) is 0.165. The van der Waals surface area contributed by atoms with E-state index < -0.39 is 40.9 Å². The summed E-state index contributed by atoms with van der Waals surface area (Å²) in [4.78, 5) is 52.8. The van der Waals surface area contributed by atoms with Crippen LogP contribution in [0, 0.1) is 11.6 Å². The van der Waals surface area contributed by atoms with Gasteiger partial charge < -0.3 is 35.8 Å². The number of amides is 3. The van der Waals surface area contributed by atoms with Crippen molar-refractivity contribution in [3.05, 3.63) is 102 Å². The molecule has 0 aliphatic carbocycles. The fourth-order valence-corrected chi connectivity index (χ4v) is 6.11. The predicted molar refractivity (Wildman–Crippen MR) is 170 cm³/mol. The van der Waals surface area contributed by atoms with E-state index in [9.17, 15) is 14.4 Å². The van der Waals surface area contributed by atoms with Gasteiger partial charge in [0, 0.05) is 23.2 Å². The highest BCUT2D eigenvalue weighted by molar-refractivity contribution is 5.89. The molecule has 3 aromatic carbocycles. The number of nitrogens with zero attached hydrogens (tertiary/aromatic N) is 3. The second-order valence-corrected chi connectivity index (χ2v) is 11.7. The Morgan fingerprint density at radius 1 is 0.875 bits per heavy atom. The summed E-state index contributed by atoms with van der Waals surface area (Å²) in [6.45, 7) is 3.65. The Morgan fingerprint density at radius 2 is 1.52 bits per heavy atom. The molecule has 3 heterocycles. The van der Waals surface area contributed by atoms with Crippen LogP contribution in [0.2, 0.25) is 0 Å². The zero-order valence-corrected chi connectivity index (χ0v) is 25.9. The lowest BCUT2D eigenvalue weighted by atomic mass is 9.91. The number of imidazole rings is 2. The van der Waals surface area contributed by atoms with Crippen molar-refractivity contribution >= 4 is 18.1 Å². The predicted octanol–water partition coefficient (Wildman–Crippen LogP) is 5.72. The first-order valence-corrected chi connectivity index (χ1v) is 14.9. The summed E-state index contributed by atoms with van der Waals surface area (Å²) in [5, 5.41) is 0. The lowest BCUT2D eigenvalue weighted by molar-refractivity contribution is -0.155. The molecule has 6 N–H and O–H groups in total. The Labute approximate surface area is 273 Å². The van der Waals surface area contributed by atoms with E-state index in [0.717, 1.165) is 12.1 Å². The van der Waals surface area contributed by atoms with Gasteiger partial charge in [-0.25, -0.2) is 28.3 Å². The lowest BCUT2D eigenvalue weighted by Gasteiger charge is -2.39. The Morgan fingerprint density at radius 3 is 2.21 bits per heavy atom. The van der Waals surface area contributed by atoms with Crippen LogP contribution >= 0.6 is 0 Å². The van der Waals surface area contributed by atoms with Crippen LogP contribution in [-0.4, -0.2) is 49.5 Å². The normalized spacial score (nSPS) is 17.1. The maximum Gasteiger partial charge on any atom is 0.412 e. The number of H-pyrrole nitrogens is 2. The molecule has 6 rings (SSSR count). The van der Waals surface area contributed by atoms with Crippen molar-refractivity contribution in [2.45, 2.75) is 37.8 Å². The number of nitrogens with one attached hydrogen (secondary N) is 2. The Hall–Kier alpha value is -6.05. The Balaban J connectivity index is 1.26. The Bertz CT molecular complexity index is 2010. The summed E-state index contributed by atoms with van der Waals surface area (Å²) in [7, 11) is 0. The van der Waals surface area contributed by atoms with E-state index in [0.29, 0.717) is 47.6 Å². The second kappa shape index (κ2) is 12.3. The minimum Gasteiger partial charge on any atom is -0.428 e. The number of rotatable bonds is 8. The first kappa shape index (κ1) is 31.9.